The van der Waals surface area contributed by atoms with Crippen LogP contribution in [0.5, 0.6) is 5.75 Å². The highest BCUT2D eigenvalue weighted by Crippen LogP contribution is 2.16. The largest absolute Gasteiger partial charge is 0.493 e. The molecule has 1 N–H and O–H groups in total. The summed E-state index contributed by atoms with van der Waals surface area (Å²) in [7, 11) is 0. The van der Waals surface area contributed by atoms with Gasteiger partial charge in [0.1, 0.15) is 11.4 Å². The van der Waals surface area contributed by atoms with Crippen molar-refractivity contribution >= 4 is 18.1 Å². The van der Waals surface area contributed by atoms with Crippen molar-refractivity contribution in [3.05, 3.63) is 42.1 Å². The highest BCUT2D eigenvalue weighted by Gasteiger charge is 2.14. The molecule has 0 saturated heterocycles. The maximum Gasteiger partial charge on any atom is 0.365 e. The fourth-order valence-electron chi connectivity index (χ4n) is 1.51. The van der Waals surface area contributed by atoms with Crippen molar-refractivity contribution < 1.29 is 9.53 Å². The number of nitrogens with zero attached hydrogens (tertiary/aromatic N) is 4. The molecule has 0 saturated carbocycles. The molecule has 1 aliphatic rings. The third-order valence-electron chi connectivity index (χ3n) is 2.50. The molecule has 1 aromatic carbocycles. The Labute approximate surface area is 122 Å². The number of urea groups is 1. The maximum absolute atomic E-state index is 11.1. The van der Waals surface area contributed by atoms with Crippen LogP contribution < -0.4 is 10.1 Å². The molecule has 0 atom stereocenters. The van der Waals surface area contributed by atoms with Gasteiger partial charge in [-0.2, -0.15) is 5.10 Å². The van der Waals surface area contributed by atoms with E-state index in [9.17, 15) is 4.79 Å². The molecule has 0 spiro atoms. The van der Waals surface area contributed by atoms with Gasteiger partial charge in [0.2, 0.25) is 0 Å². The summed E-state index contributed by atoms with van der Waals surface area (Å²) >= 11 is 0. The first-order valence-electron chi connectivity index (χ1n) is 6.45. The molecular formula is C14H15N5O2. The monoisotopic (exact) mass is 285 g/mol. The molecule has 7 nitrogen and oxygen atoms in total. The fourth-order valence-corrected chi connectivity index (χ4v) is 1.51. The average Bonchev–Trinajstić information content (AvgIpc) is 2.50. The van der Waals surface area contributed by atoms with Crippen molar-refractivity contribution in [2.24, 2.45) is 20.4 Å². The molecule has 0 aromatic heterocycles. The Bertz CT molecular complexity index is 634. The van der Waals surface area contributed by atoms with Gasteiger partial charge in [-0.05, 0) is 18.6 Å². The zero-order chi connectivity index (χ0) is 15.1. The number of nitrogens with one attached hydrogen (secondary N) is 1. The third kappa shape index (κ3) is 4.07. The minimum absolute atomic E-state index is 0.179. The van der Waals surface area contributed by atoms with E-state index in [1.54, 1.807) is 6.21 Å². The summed E-state index contributed by atoms with van der Waals surface area (Å²) < 4.78 is 5.61. The second kappa shape index (κ2) is 7.09. The van der Waals surface area contributed by atoms with E-state index >= 15 is 0 Å². The van der Waals surface area contributed by atoms with E-state index in [1.807, 2.05) is 31.2 Å². The van der Waals surface area contributed by atoms with Crippen molar-refractivity contribution in [1.82, 2.24) is 5.32 Å². The SMILES string of the molecule is C=C1N=NC(=O)N/C1=N/N=C/c1ccccc1OCCC. The number of carbonyl (C=O) groups excluding carboxylic acids is 1. The van der Waals surface area contributed by atoms with Gasteiger partial charge >= 0.3 is 6.03 Å². The van der Waals surface area contributed by atoms with E-state index in [1.165, 1.54) is 0 Å². The summed E-state index contributed by atoms with van der Waals surface area (Å²) in [4.78, 5) is 11.1. The second-order valence-corrected chi connectivity index (χ2v) is 4.16. The Hall–Kier alpha value is -2.83. The zero-order valence-corrected chi connectivity index (χ0v) is 11.6. The lowest BCUT2D eigenvalue weighted by molar-refractivity contribution is 0.251. The van der Waals surface area contributed by atoms with Crippen molar-refractivity contribution in [1.29, 1.82) is 0 Å². The number of rotatable bonds is 5. The third-order valence-corrected chi connectivity index (χ3v) is 2.50. The molecule has 0 aliphatic carbocycles. The second-order valence-electron chi connectivity index (χ2n) is 4.16. The first kappa shape index (κ1) is 14.6. The zero-order valence-electron chi connectivity index (χ0n) is 11.6. The standard InChI is InChI=1S/C14H15N5O2/c1-3-8-21-12-7-5-4-6-11(12)9-15-18-13-10(2)17-19-14(20)16-13/h4-7,9H,2-3,8H2,1H3,(H,16,18,20)/b15-9+. The van der Waals surface area contributed by atoms with Gasteiger partial charge in [-0.1, -0.05) is 30.7 Å². The van der Waals surface area contributed by atoms with E-state index in [0.29, 0.717) is 6.61 Å². The smallest absolute Gasteiger partial charge is 0.365 e. The lowest BCUT2D eigenvalue weighted by atomic mass is 10.2. The summed E-state index contributed by atoms with van der Waals surface area (Å²) in [6.07, 6.45) is 2.47. The molecule has 1 aliphatic heterocycles. The van der Waals surface area contributed by atoms with Crippen LogP contribution >= 0.6 is 0 Å². The summed E-state index contributed by atoms with van der Waals surface area (Å²) in [5, 5.41) is 17.1. The first-order valence-corrected chi connectivity index (χ1v) is 6.45. The fraction of sp³-hybridized carbons (Fsp3) is 0.214. The van der Waals surface area contributed by atoms with E-state index in [4.69, 9.17) is 4.74 Å². The van der Waals surface area contributed by atoms with Gasteiger partial charge in [0.15, 0.2) is 5.84 Å². The Kier molecular flexibility index (Phi) is 4.92. The van der Waals surface area contributed by atoms with Crippen LogP contribution in [0.4, 0.5) is 4.79 Å². The van der Waals surface area contributed by atoms with Crippen molar-refractivity contribution in [2.75, 3.05) is 6.61 Å². The molecule has 0 bridgehead atoms. The number of para-hydroxylation sites is 1. The lowest BCUT2D eigenvalue weighted by Gasteiger charge is -2.08. The molecule has 7 heteroatoms. The quantitative estimate of drug-likeness (QED) is 0.666. The Balaban J connectivity index is 2.13. The summed E-state index contributed by atoms with van der Waals surface area (Å²) in [5.74, 6) is 0.910. The van der Waals surface area contributed by atoms with E-state index in [-0.39, 0.29) is 11.5 Å². The average molecular weight is 285 g/mol. The van der Waals surface area contributed by atoms with Gasteiger partial charge in [0.25, 0.3) is 0 Å². The molecule has 108 valence electrons. The van der Waals surface area contributed by atoms with Crippen molar-refractivity contribution in [3.8, 4) is 5.75 Å². The van der Waals surface area contributed by atoms with Crippen LogP contribution in [-0.2, 0) is 0 Å². The number of hydrogen-bond donors (Lipinski definition) is 1. The molecule has 2 rings (SSSR count). The van der Waals surface area contributed by atoms with Crippen LogP contribution in [-0.4, -0.2) is 24.7 Å². The number of azo groups is 1. The molecule has 0 fully saturated rings. The Morgan fingerprint density at radius 2 is 2.19 bits per heavy atom. The number of benzene rings is 1. The molecule has 21 heavy (non-hydrogen) atoms. The summed E-state index contributed by atoms with van der Waals surface area (Å²) in [6, 6.07) is 6.89. The maximum atomic E-state index is 11.1. The lowest BCUT2D eigenvalue weighted by Crippen LogP contribution is -2.31. The molecule has 1 heterocycles. The van der Waals surface area contributed by atoms with Crippen LogP contribution in [0.1, 0.15) is 18.9 Å². The normalized spacial score (nSPS) is 16.5. The van der Waals surface area contributed by atoms with Crippen LogP contribution in [0.3, 0.4) is 0 Å². The summed E-state index contributed by atoms with van der Waals surface area (Å²) in [5.41, 5.74) is 1.05. The number of carbonyl (C=O) groups is 1. The van der Waals surface area contributed by atoms with Crippen LogP contribution in [0.15, 0.2) is 57.0 Å². The molecule has 2 amide bonds. The van der Waals surface area contributed by atoms with Gasteiger partial charge < -0.3 is 4.74 Å². The minimum atomic E-state index is -0.594. The molecule has 0 unspecified atom stereocenters. The molecular weight excluding hydrogens is 270 g/mol. The van der Waals surface area contributed by atoms with E-state index in [0.717, 1.165) is 17.7 Å². The van der Waals surface area contributed by atoms with Crippen LogP contribution in [0.25, 0.3) is 0 Å². The highest BCUT2D eigenvalue weighted by atomic mass is 16.5. The van der Waals surface area contributed by atoms with Crippen LogP contribution in [0.2, 0.25) is 0 Å². The van der Waals surface area contributed by atoms with Gasteiger partial charge in [-0.25, -0.2) is 4.79 Å². The van der Waals surface area contributed by atoms with Crippen LogP contribution in [0, 0.1) is 0 Å². The van der Waals surface area contributed by atoms with Gasteiger partial charge in [0.05, 0.1) is 12.8 Å². The summed E-state index contributed by atoms with van der Waals surface area (Å²) in [6.45, 7) is 6.28. The van der Waals surface area contributed by atoms with Gasteiger partial charge in [0, 0.05) is 5.56 Å². The van der Waals surface area contributed by atoms with Crippen molar-refractivity contribution in [3.63, 3.8) is 0 Å². The number of ether oxygens (including phenoxy) is 1. The predicted molar refractivity (Wildman–Crippen MR) is 79.8 cm³/mol. The minimum Gasteiger partial charge on any atom is -0.493 e. The van der Waals surface area contributed by atoms with Crippen molar-refractivity contribution in [2.45, 2.75) is 13.3 Å². The predicted octanol–water partition coefficient (Wildman–Crippen LogP) is 2.90. The highest BCUT2D eigenvalue weighted by molar-refractivity contribution is 6.08. The Morgan fingerprint density at radius 3 is 3.00 bits per heavy atom. The van der Waals surface area contributed by atoms with E-state index in [2.05, 4.69) is 32.3 Å². The number of hydrogen-bond acceptors (Lipinski definition) is 5. The number of amides is 2. The first-order chi connectivity index (χ1) is 10.2. The Morgan fingerprint density at radius 1 is 1.38 bits per heavy atom. The van der Waals surface area contributed by atoms with Gasteiger partial charge in [-0.3, -0.25) is 5.32 Å². The van der Waals surface area contributed by atoms with E-state index < -0.39 is 6.03 Å². The number of amidine groups is 1. The topological polar surface area (TPSA) is 87.8 Å². The molecule has 0 radical (unpaired) electrons. The van der Waals surface area contributed by atoms with Gasteiger partial charge in [-0.15, -0.1) is 10.2 Å². The molecule has 1 aromatic rings.